The fourth-order valence-corrected chi connectivity index (χ4v) is 2.17. The van der Waals surface area contributed by atoms with Gasteiger partial charge in [0.2, 0.25) is 0 Å². The number of benzene rings is 1. The Morgan fingerprint density at radius 1 is 1.12 bits per heavy atom. The third kappa shape index (κ3) is 2.54. The first kappa shape index (κ1) is 12.2. The summed E-state index contributed by atoms with van der Waals surface area (Å²) in [6.45, 7) is 2.02. The molecule has 2 aromatic rings. The minimum atomic E-state index is 0. The molecule has 1 aliphatic heterocycles. The van der Waals surface area contributed by atoms with Gasteiger partial charge in [0.05, 0.1) is 0 Å². The van der Waals surface area contributed by atoms with Crippen molar-refractivity contribution >= 4 is 12.4 Å². The Balaban J connectivity index is 0.00000108. The molecule has 2 nitrogen and oxygen atoms in total. The quantitative estimate of drug-likeness (QED) is 0.838. The van der Waals surface area contributed by atoms with E-state index in [1.54, 1.807) is 0 Å². The molecule has 3 rings (SSSR count). The lowest BCUT2D eigenvalue weighted by molar-refractivity contribution is 0.516. The largest absolute Gasteiger partial charge is 0.461 e. The van der Waals surface area contributed by atoms with E-state index >= 15 is 0 Å². The van der Waals surface area contributed by atoms with Crippen LogP contribution in [0.1, 0.15) is 17.7 Å². The lowest BCUT2D eigenvalue weighted by Gasteiger charge is -1.97. The maximum absolute atomic E-state index is 5.93. The van der Waals surface area contributed by atoms with Crippen LogP contribution in [-0.2, 0) is 13.0 Å². The average molecular weight is 250 g/mol. The van der Waals surface area contributed by atoms with Gasteiger partial charge < -0.3 is 9.73 Å². The number of fused-ring (bicyclic) bond motifs is 1. The molecule has 1 aliphatic rings. The number of hydrogen-bond acceptors (Lipinski definition) is 2. The predicted octanol–water partition coefficient (Wildman–Crippen LogP) is 3.40. The second-order valence-corrected chi connectivity index (χ2v) is 4.21. The van der Waals surface area contributed by atoms with E-state index in [1.807, 2.05) is 18.2 Å². The molecule has 0 unspecified atom stereocenters. The highest BCUT2D eigenvalue weighted by Crippen LogP contribution is 2.27. The standard InChI is InChI=1S/C14H15NO.ClH/c1-2-5-11(6-3-1)14-9-12-10-15-8-4-7-13(12)16-14;/h1-3,5-6,9,15H,4,7-8,10H2;1H. The highest BCUT2D eigenvalue weighted by atomic mass is 35.5. The number of nitrogens with one attached hydrogen (secondary N) is 1. The van der Waals surface area contributed by atoms with Crippen LogP contribution < -0.4 is 5.32 Å². The third-order valence-corrected chi connectivity index (χ3v) is 3.03. The summed E-state index contributed by atoms with van der Waals surface area (Å²) in [7, 11) is 0. The van der Waals surface area contributed by atoms with Gasteiger partial charge in [0.15, 0.2) is 0 Å². The molecule has 2 heterocycles. The summed E-state index contributed by atoms with van der Waals surface area (Å²) in [5, 5.41) is 3.41. The van der Waals surface area contributed by atoms with Crippen molar-refractivity contribution in [3.8, 4) is 11.3 Å². The first-order valence-electron chi connectivity index (χ1n) is 5.81. The van der Waals surface area contributed by atoms with E-state index in [-0.39, 0.29) is 12.4 Å². The molecule has 90 valence electrons. The van der Waals surface area contributed by atoms with Gasteiger partial charge >= 0.3 is 0 Å². The van der Waals surface area contributed by atoms with Crippen molar-refractivity contribution in [1.82, 2.24) is 5.32 Å². The van der Waals surface area contributed by atoms with E-state index < -0.39 is 0 Å². The van der Waals surface area contributed by atoms with Gasteiger partial charge in [-0.05, 0) is 19.0 Å². The zero-order valence-electron chi connectivity index (χ0n) is 9.61. The smallest absolute Gasteiger partial charge is 0.134 e. The van der Waals surface area contributed by atoms with Gasteiger partial charge in [-0.2, -0.15) is 0 Å². The summed E-state index contributed by atoms with van der Waals surface area (Å²) in [6.07, 6.45) is 2.21. The Hall–Kier alpha value is -1.25. The highest BCUT2D eigenvalue weighted by molar-refractivity contribution is 5.85. The summed E-state index contributed by atoms with van der Waals surface area (Å²) < 4.78 is 5.93. The molecule has 0 saturated heterocycles. The molecule has 0 amide bonds. The Kier molecular flexibility index (Phi) is 3.87. The van der Waals surface area contributed by atoms with Gasteiger partial charge in [-0.15, -0.1) is 12.4 Å². The fourth-order valence-electron chi connectivity index (χ4n) is 2.17. The van der Waals surface area contributed by atoms with Gasteiger partial charge in [0.25, 0.3) is 0 Å². The SMILES string of the molecule is Cl.c1ccc(-c2cc3c(o2)CCCNC3)cc1. The van der Waals surface area contributed by atoms with Crippen LogP contribution in [0.2, 0.25) is 0 Å². The van der Waals surface area contributed by atoms with Crippen LogP contribution in [0.25, 0.3) is 11.3 Å². The highest BCUT2D eigenvalue weighted by Gasteiger charge is 2.14. The lowest BCUT2D eigenvalue weighted by Crippen LogP contribution is -2.11. The van der Waals surface area contributed by atoms with Crippen LogP contribution in [0.5, 0.6) is 0 Å². The van der Waals surface area contributed by atoms with E-state index in [4.69, 9.17) is 4.42 Å². The molecule has 1 aromatic carbocycles. The molecule has 0 bridgehead atoms. The van der Waals surface area contributed by atoms with Crippen molar-refractivity contribution in [2.24, 2.45) is 0 Å². The van der Waals surface area contributed by atoms with Crippen molar-refractivity contribution in [3.63, 3.8) is 0 Å². The topological polar surface area (TPSA) is 25.2 Å². The molecular formula is C14H16ClNO. The molecule has 0 spiro atoms. The Bertz CT molecular complexity index is 455. The van der Waals surface area contributed by atoms with Crippen LogP contribution in [-0.4, -0.2) is 6.54 Å². The number of rotatable bonds is 1. The van der Waals surface area contributed by atoms with Gasteiger partial charge in [-0.1, -0.05) is 30.3 Å². The zero-order chi connectivity index (χ0) is 10.8. The number of halogens is 1. The summed E-state index contributed by atoms with van der Waals surface area (Å²) in [6, 6.07) is 12.5. The van der Waals surface area contributed by atoms with E-state index in [2.05, 4.69) is 23.5 Å². The first-order chi connectivity index (χ1) is 7.93. The second-order valence-electron chi connectivity index (χ2n) is 4.21. The van der Waals surface area contributed by atoms with Gasteiger partial charge in [0, 0.05) is 24.1 Å². The molecule has 0 fully saturated rings. The average Bonchev–Trinajstić information content (AvgIpc) is 2.62. The maximum Gasteiger partial charge on any atom is 0.134 e. The Morgan fingerprint density at radius 2 is 1.94 bits per heavy atom. The van der Waals surface area contributed by atoms with E-state index in [0.29, 0.717) is 0 Å². The van der Waals surface area contributed by atoms with E-state index in [9.17, 15) is 0 Å². The lowest BCUT2D eigenvalue weighted by atomic mass is 10.1. The number of furan rings is 1. The summed E-state index contributed by atoms with van der Waals surface area (Å²) in [4.78, 5) is 0. The van der Waals surface area contributed by atoms with E-state index in [0.717, 1.165) is 43.0 Å². The fraction of sp³-hybridized carbons (Fsp3) is 0.286. The second kappa shape index (κ2) is 5.39. The van der Waals surface area contributed by atoms with Crippen molar-refractivity contribution in [2.45, 2.75) is 19.4 Å². The van der Waals surface area contributed by atoms with Crippen molar-refractivity contribution < 1.29 is 4.42 Å². The number of aryl methyl sites for hydroxylation is 1. The molecular weight excluding hydrogens is 234 g/mol. The summed E-state index contributed by atoms with van der Waals surface area (Å²) in [5.74, 6) is 2.15. The third-order valence-electron chi connectivity index (χ3n) is 3.03. The van der Waals surface area contributed by atoms with Crippen LogP contribution in [0.15, 0.2) is 40.8 Å². The number of hydrogen-bond donors (Lipinski definition) is 1. The molecule has 3 heteroatoms. The molecule has 1 aromatic heterocycles. The van der Waals surface area contributed by atoms with Crippen LogP contribution in [0, 0.1) is 0 Å². The molecule has 1 N–H and O–H groups in total. The van der Waals surface area contributed by atoms with Gasteiger partial charge in [-0.25, -0.2) is 0 Å². The molecule has 0 saturated carbocycles. The summed E-state index contributed by atoms with van der Waals surface area (Å²) in [5.41, 5.74) is 2.48. The summed E-state index contributed by atoms with van der Waals surface area (Å²) >= 11 is 0. The Labute approximate surface area is 107 Å². The van der Waals surface area contributed by atoms with Crippen molar-refractivity contribution in [1.29, 1.82) is 0 Å². The normalized spacial score (nSPS) is 14.6. The Morgan fingerprint density at radius 3 is 2.76 bits per heavy atom. The maximum atomic E-state index is 5.93. The van der Waals surface area contributed by atoms with E-state index in [1.165, 1.54) is 5.56 Å². The van der Waals surface area contributed by atoms with Crippen LogP contribution >= 0.6 is 12.4 Å². The minimum absolute atomic E-state index is 0. The van der Waals surface area contributed by atoms with Crippen LogP contribution in [0.4, 0.5) is 0 Å². The predicted molar refractivity (Wildman–Crippen MR) is 71.4 cm³/mol. The van der Waals surface area contributed by atoms with Crippen LogP contribution in [0.3, 0.4) is 0 Å². The zero-order valence-corrected chi connectivity index (χ0v) is 10.4. The molecule has 0 atom stereocenters. The van der Waals surface area contributed by atoms with Gasteiger partial charge in [0.1, 0.15) is 11.5 Å². The van der Waals surface area contributed by atoms with Gasteiger partial charge in [-0.3, -0.25) is 0 Å². The van der Waals surface area contributed by atoms with Crippen molar-refractivity contribution in [2.75, 3.05) is 6.54 Å². The molecule has 0 aliphatic carbocycles. The monoisotopic (exact) mass is 249 g/mol. The molecule has 17 heavy (non-hydrogen) atoms. The minimum Gasteiger partial charge on any atom is -0.461 e. The van der Waals surface area contributed by atoms with Crippen molar-refractivity contribution in [3.05, 3.63) is 47.7 Å². The molecule has 0 radical (unpaired) electrons. The first-order valence-corrected chi connectivity index (χ1v) is 5.81.